The zero-order chi connectivity index (χ0) is 32.4. The fourth-order valence-corrected chi connectivity index (χ4v) is 7.25. The van der Waals surface area contributed by atoms with E-state index in [0.717, 1.165) is 11.1 Å². The smallest absolute Gasteiger partial charge is 0.262 e. The molecule has 1 heterocycles. The van der Waals surface area contributed by atoms with Gasteiger partial charge in [-0.05, 0) is 86.1 Å². The summed E-state index contributed by atoms with van der Waals surface area (Å²) in [6.07, 6.45) is -0.742. The van der Waals surface area contributed by atoms with Crippen molar-refractivity contribution in [3.63, 3.8) is 0 Å². The van der Waals surface area contributed by atoms with Crippen LogP contribution in [0.3, 0.4) is 0 Å². The Morgan fingerprint density at radius 1 is 0.826 bits per heavy atom. The van der Waals surface area contributed by atoms with Crippen molar-refractivity contribution in [2.45, 2.75) is 31.5 Å². The number of aryl methyl sites for hydroxylation is 1. The predicted molar refractivity (Wildman–Crippen MR) is 185 cm³/mol. The minimum Gasteiger partial charge on any atom is -0.494 e. The Kier molecular flexibility index (Phi) is 8.95. The van der Waals surface area contributed by atoms with Gasteiger partial charge in [0.05, 0.1) is 22.8 Å². The van der Waals surface area contributed by atoms with Crippen molar-refractivity contribution in [3.05, 3.63) is 148 Å². The predicted octanol–water partition coefficient (Wildman–Crippen LogP) is 8.87. The summed E-state index contributed by atoms with van der Waals surface area (Å²) in [5.74, 6) is 0.245. The van der Waals surface area contributed by atoms with E-state index in [0.29, 0.717) is 51.6 Å². The molecule has 0 saturated carbocycles. The molecule has 0 bridgehead atoms. The fraction of sp³-hybridized carbons (Fsp3) is 0.139. The van der Waals surface area contributed by atoms with Crippen LogP contribution in [-0.4, -0.2) is 20.9 Å². The summed E-state index contributed by atoms with van der Waals surface area (Å²) in [5, 5.41) is 0.811. The van der Waals surface area contributed by atoms with Crippen LogP contribution in [0.1, 0.15) is 40.1 Å². The number of fused-ring (bicyclic) bond motifs is 1. The molecule has 46 heavy (non-hydrogen) atoms. The lowest BCUT2D eigenvalue weighted by atomic mass is 9.98. The summed E-state index contributed by atoms with van der Waals surface area (Å²) < 4.78 is 35.3. The van der Waals surface area contributed by atoms with Crippen molar-refractivity contribution in [2.75, 3.05) is 21.1 Å². The fourth-order valence-electron chi connectivity index (χ4n) is 5.57. The number of rotatable bonds is 9. The lowest BCUT2D eigenvalue weighted by Crippen LogP contribution is -2.49. The van der Waals surface area contributed by atoms with Gasteiger partial charge >= 0.3 is 0 Å². The number of ether oxygens (including phenoxy) is 1. The van der Waals surface area contributed by atoms with Gasteiger partial charge in [0.2, 0.25) is 0 Å². The van der Waals surface area contributed by atoms with E-state index in [1.807, 2.05) is 73.3 Å². The number of anilines is 3. The number of nitrogens with one attached hydrogen (secondary N) is 1. The third kappa shape index (κ3) is 6.29. The SMILES string of the molecule is CCOc1ccc(NS(=O)(=O)c2ccc3c(c2)C(=O)N(c2ccc(C)cc2)[C@H](c2c(Cl)cccc2Cl)N3Cc2ccccc2)cc1. The summed E-state index contributed by atoms with van der Waals surface area (Å²) in [4.78, 5) is 18.2. The molecule has 7 nitrogen and oxygen atoms in total. The molecular formula is C36H31Cl2N3O4S. The molecule has 1 aliphatic rings. The van der Waals surface area contributed by atoms with E-state index >= 15 is 0 Å². The van der Waals surface area contributed by atoms with Gasteiger partial charge in [-0.3, -0.25) is 14.4 Å². The van der Waals surface area contributed by atoms with Crippen molar-refractivity contribution in [2.24, 2.45) is 0 Å². The quantitative estimate of drug-likeness (QED) is 0.169. The van der Waals surface area contributed by atoms with Gasteiger partial charge in [0.1, 0.15) is 11.9 Å². The molecule has 5 aromatic rings. The van der Waals surface area contributed by atoms with Gasteiger partial charge in [0.15, 0.2) is 0 Å². The number of halogens is 2. The van der Waals surface area contributed by atoms with Crippen LogP contribution in [0.25, 0.3) is 0 Å². The largest absolute Gasteiger partial charge is 0.494 e. The molecule has 0 unspecified atom stereocenters. The maximum absolute atomic E-state index is 14.6. The number of carbonyl (C=O) groups is 1. The average Bonchev–Trinajstić information content (AvgIpc) is 3.04. The number of hydrogen-bond donors (Lipinski definition) is 1. The summed E-state index contributed by atoms with van der Waals surface area (Å²) in [6.45, 7) is 4.72. The maximum Gasteiger partial charge on any atom is 0.262 e. The zero-order valence-corrected chi connectivity index (χ0v) is 27.5. The van der Waals surface area contributed by atoms with E-state index in [-0.39, 0.29) is 16.4 Å². The van der Waals surface area contributed by atoms with Crippen LogP contribution < -0.4 is 19.3 Å². The van der Waals surface area contributed by atoms with Crippen molar-refractivity contribution >= 4 is 56.2 Å². The first kappa shape index (κ1) is 31.5. The monoisotopic (exact) mass is 671 g/mol. The third-order valence-electron chi connectivity index (χ3n) is 7.76. The van der Waals surface area contributed by atoms with Gasteiger partial charge in [-0.1, -0.05) is 77.3 Å². The first-order chi connectivity index (χ1) is 22.2. The molecule has 0 spiro atoms. The normalized spacial score (nSPS) is 14.6. The number of hydrogen-bond acceptors (Lipinski definition) is 5. The van der Waals surface area contributed by atoms with E-state index in [1.165, 1.54) is 12.1 Å². The Balaban J connectivity index is 1.51. The van der Waals surface area contributed by atoms with Crippen molar-refractivity contribution in [1.82, 2.24) is 0 Å². The average molecular weight is 673 g/mol. The molecule has 0 aromatic heterocycles. The summed E-state index contributed by atoms with van der Waals surface area (Å²) in [7, 11) is -4.06. The topological polar surface area (TPSA) is 78.9 Å². The van der Waals surface area contributed by atoms with Gasteiger partial charge < -0.3 is 9.64 Å². The van der Waals surface area contributed by atoms with E-state index in [1.54, 1.807) is 53.4 Å². The van der Waals surface area contributed by atoms with Gasteiger partial charge in [0.25, 0.3) is 15.9 Å². The van der Waals surface area contributed by atoms with E-state index in [2.05, 4.69) is 4.72 Å². The number of nitrogens with zero attached hydrogens (tertiary/aromatic N) is 2. The molecular weight excluding hydrogens is 641 g/mol. The molecule has 10 heteroatoms. The third-order valence-corrected chi connectivity index (χ3v) is 9.80. The van der Waals surface area contributed by atoms with Gasteiger partial charge in [-0.15, -0.1) is 0 Å². The number of sulfonamides is 1. The minimum absolute atomic E-state index is 0.0498. The van der Waals surface area contributed by atoms with Crippen molar-refractivity contribution in [3.8, 4) is 5.75 Å². The van der Waals surface area contributed by atoms with E-state index in [9.17, 15) is 13.2 Å². The molecule has 0 aliphatic carbocycles. The Hall–Kier alpha value is -4.50. The van der Waals surface area contributed by atoms with Gasteiger partial charge in [-0.2, -0.15) is 0 Å². The molecule has 0 radical (unpaired) electrons. The first-order valence-electron chi connectivity index (χ1n) is 14.7. The second-order valence-corrected chi connectivity index (χ2v) is 13.4. The minimum atomic E-state index is -4.06. The second kappa shape index (κ2) is 13.1. The zero-order valence-electron chi connectivity index (χ0n) is 25.2. The second-order valence-electron chi connectivity index (χ2n) is 10.9. The molecule has 0 saturated heterocycles. The molecule has 234 valence electrons. The highest BCUT2D eigenvalue weighted by molar-refractivity contribution is 7.92. The van der Waals surface area contributed by atoms with Crippen molar-refractivity contribution in [1.29, 1.82) is 0 Å². The van der Waals surface area contributed by atoms with Crippen LogP contribution in [0.2, 0.25) is 10.0 Å². The van der Waals surface area contributed by atoms with E-state index in [4.69, 9.17) is 27.9 Å². The summed E-state index contributed by atoms with van der Waals surface area (Å²) in [5.41, 5.74) is 4.33. The van der Waals surface area contributed by atoms with Crippen LogP contribution >= 0.6 is 23.2 Å². The lowest BCUT2D eigenvalue weighted by Gasteiger charge is -2.46. The standard InChI is InChI=1S/C36H31Cl2N3O4S/c1-3-45-28-18-14-26(15-19-28)39-46(43,44)29-20-21-33-30(22-29)36(42)41(27-16-12-24(2)13-17-27)35(34-31(37)10-7-11-32(34)38)40(33)23-25-8-5-4-6-9-25/h4-22,35,39H,3,23H2,1-2H3/t35-/m1/s1. The van der Waals surface area contributed by atoms with Crippen LogP contribution in [0, 0.1) is 6.92 Å². The van der Waals surface area contributed by atoms with Crippen LogP contribution in [0.15, 0.2) is 120 Å². The number of carbonyl (C=O) groups excluding carboxylic acids is 1. The molecule has 6 rings (SSSR count). The first-order valence-corrected chi connectivity index (χ1v) is 16.9. The summed E-state index contributed by atoms with van der Waals surface area (Å²) >= 11 is 13.7. The maximum atomic E-state index is 14.6. The van der Waals surface area contributed by atoms with Crippen LogP contribution in [-0.2, 0) is 16.6 Å². The van der Waals surface area contributed by atoms with Crippen LogP contribution in [0.5, 0.6) is 5.75 Å². The Morgan fingerprint density at radius 2 is 1.50 bits per heavy atom. The number of benzene rings is 5. The molecule has 1 aliphatic heterocycles. The van der Waals surface area contributed by atoms with E-state index < -0.39 is 16.2 Å². The summed E-state index contributed by atoms with van der Waals surface area (Å²) in [6, 6.07) is 33.9. The van der Waals surface area contributed by atoms with Gasteiger partial charge in [0, 0.05) is 33.5 Å². The Bertz CT molecular complexity index is 1970. The Labute approximate surface area is 279 Å². The Morgan fingerprint density at radius 3 is 2.15 bits per heavy atom. The highest BCUT2D eigenvalue weighted by Crippen LogP contribution is 2.46. The molecule has 1 amide bonds. The van der Waals surface area contributed by atoms with Gasteiger partial charge in [-0.25, -0.2) is 8.42 Å². The molecule has 1 atom stereocenters. The lowest BCUT2D eigenvalue weighted by molar-refractivity contribution is 0.0968. The highest BCUT2D eigenvalue weighted by atomic mass is 35.5. The molecule has 1 N–H and O–H groups in total. The van der Waals surface area contributed by atoms with Crippen molar-refractivity contribution < 1.29 is 17.9 Å². The molecule has 5 aromatic carbocycles. The number of amides is 1. The molecule has 0 fully saturated rings. The van der Waals surface area contributed by atoms with Crippen LogP contribution in [0.4, 0.5) is 17.1 Å². The highest BCUT2D eigenvalue weighted by Gasteiger charge is 2.42.